The molecule has 1 fully saturated rings. The van der Waals surface area contributed by atoms with E-state index < -0.39 is 23.4 Å². The summed E-state index contributed by atoms with van der Waals surface area (Å²) in [6.07, 6.45) is -3.60. The molecule has 0 unspecified atom stereocenters. The highest BCUT2D eigenvalue weighted by Gasteiger charge is 2.31. The molecule has 9 nitrogen and oxygen atoms in total. The Morgan fingerprint density at radius 1 is 1.10 bits per heavy atom. The van der Waals surface area contributed by atoms with Crippen LogP contribution in [-0.2, 0) is 22.3 Å². The van der Waals surface area contributed by atoms with Gasteiger partial charge in [0.15, 0.2) is 6.61 Å². The van der Waals surface area contributed by atoms with E-state index in [2.05, 4.69) is 20.2 Å². The van der Waals surface area contributed by atoms with E-state index in [4.69, 9.17) is 9.47 Å². The average molecular weight is 552 g/mol. The summed E-state index contributed by atoms with van der Waals surface area (Å²) in [4.78, 5) is 37.1. The standard InChI is InChI=1S/C27H36F3N5O4/c1-17-23(33-25(37)39-26(3,4)5)18(2)32-24(31-17)38-16-22(36)34(6)21-10-12-35(13-11-21)15-19-8-7-9-20(14-19)27(28,29)30/h7-9,14,21H,10-13,15-16H2,1-6H3,(H,33,37). The molecule has 39 heavy (non-hydrogen) atoms. The lowest BCUT2D eigenvalue weighted by atomic mass is 10.0. The molecule has 1 saturated heterocycles. The zero-order valence-corrected chi connectivity index (χ0v) is 23.2. The second-order valence-electron chi connectivity index (χ2n) is 10.7. The highest BCUT2D eigenvalue weighted by atomic mass is 19.4. The fourth-order valence-electron chi connectivity index (χ4n) is 4.34. The van der Waals surface area contributed by atoms with Crippen LogP contribution in [0.3, 0.4) is 0 Å². The number of nitrogens with zero attached hydrogens (tertiary/aromatic N) is 4. The largest absolute Gasteiger partial charge is 0.453 e. The molecule has 1 aromatic heterocycles. The van der Waals surface area contributed by atoms with Crippen molar-refractivity contribution in [3.8, 4) is 6.01 Å². The topological polar surface area (TPSA) is 96.9 Å². The number of benzene rings is 1. The van der Waals surface area contributed by atoms with Gasteiger partial charge in [0.1, 0.15) is 5.60 Å². The van der Waals surface area contributed by atoms with Crippen LogP contribution in [0, 0.1) is 13.8 Å². The van der Waals surface area contributed by atoms with Crippen LogP contribution in [0.15, 0.2) is 24.3 Å². The molecule has 1 aliphatic heterocycles. The zero-order valence-electron chi connectivity index (χ0n) is 23.2. The number of carbonyl (C=O) groups is 2. The van der Waals surface area contributed by atoms with Gasteiger partial charge >= 0.3 is 18.3 Å². The molecule has 0 atom stereocenters. The molecule has 3 rings (SSSR count). The summed E-state index contributed by atoms with van der Waals surface area (Å²) < 4.78 is 49.8. The van der Waals surface area contributed by atoms with Gasteiger partial charge in [0.25, 0.3) is 5.91 Å². The van der Waals surface area contributed by atoms with E-state index in [0.717, 1.165) is 6.07 Å². The van der Waals surface area contributed by atoms with Crippen LogP contribution >= 0.6 is 0 Å². The summed E-state index contributed by atoms with van der Waals surface area (Å²) in [5.41, 5.74) is 0.663. The predicted octanol–water partition coefficient (Wildman–Crippen LogP) is 4.96. The van der Waals surface area contributed by atoms with E-state index in [9.17, 15) is 22.8 Å². The maximum absolute atomic E-state index is 13.0. The van der Waals surface area contributed by atoms with Crippen molar-refractivity contribution in [3.63, 3.8) is 0 Å². The first kappa shape index (κ1) is 30.1. The van der Waals surface area contributed by atoms with Crippen molar-refractivity contribution in [1.29, 1.82) is 0 Å². The zero-order chi connectivity index (χ0) is 29.0. The first-order valence-electron chi connectivity index (χ1n) is 12.7. The van der Waals surface area contributed by atoms with Crippen LogP contribution in [0.25, 0.3) is 0 Å². The molecule has 0 aliphatic carbocycles. The minimum Gasteiger partial charge on any atom is -0.453 e. The van der Waals surface area contributed by atoms with Crippen LogP contribution in [0.1, 0.15) is 56.1 Å². The summed E-state index contributed by atoms with van der Waals surface area (Å²) in [5, 5.41) is 2.65. The number of ether oxygens (including phenoxy) is 2. The molecule has 0 saturated carbocycles. The molecule has 214 valence electrons. The third-order valence-electron chi connectivity index (χ3n) is 6.36. The Bertz CT molecular complexity index is 1150. The number of aromatic nitrogens is 2. The lowest BCUT2D eigenvalue weighted by Gasteiger charge is -2.36. The fraction of sp³-hybridized carbons (Fsp3) is 0.556. The van der Waals surface area contributed by atoms with Gasteiger partial charge in [-0.2, -0.15) is 23.1 Å². The molecule has 2 amide bonds. The van der Waals surface area contributed by atoms with Crippen molar-refractivity contribution >= 4 is 17.7 Å². The van der Waals surface area contributed by atoms with E-state index in [1.165, 1.54) is 12.1 Å². The smallest absolute Gasteiger partial charge is 0.416 e. The van der Waals surface area contributed by atoms with Gasteiger partial charge in [0, 0.05) is 32.7 Å². The van der Waals surface area contributed by atoms with Crippen molar-refractivity contribution in [2.45, 2.75) is 71.8 Å². The molecule has 12 heteroatoms. The summed E-state index contributed by atoms with van der Waals surface area (Å²) in [7, 11) is 1.71. The maximum Gasteiger partial charge on any atom is 0.416 e. The normalized spacial score (nSPS) is 15.1. The lowest BCUT2D eigenvalue weighted by Crippen LogP contribution is -2.46. The SMILES string of the molecule is Cc1nc(OCC(=O)N(C)C2CCN(Cc3cccc(C(F)(F)F)c3)CC2)nc(C)c1NC(=O)OC(C)(C)C. The van der Waals surface area contributed by atoms with Gasteiger partial charge in [-0.3, -0.25) is 15.0 Å². The van der Waals surface area contributed by atoms with Gasteiger partial charge in [-0.15, -0.1) is 0 Å². The van der Waals surface area contributed by atoms with Crippen molar-refractivity contribution in [2.24, 2.45) is 0 Å². The highest BCUT2D eigenvalue weighted by Crippen LogP contribution is 2.30. The molecular formula is C27H36F3N5O4. The van der Waals surface area contributed by atoms with E-state index in [0.29, 0.717) is 55.1 Å². The van der Waals surface area contributed by atoms with Gasteiger partial charge in [-0.1, -0.05) is 18.2 Å². The third-order valence-corrected chi connectivity index (χ3v) is 6.36. The van der Waals surface area contributed by atoms with Gasteiger partial charge < -0.3 is 14.4 Å². The number of anilines is 1. The Morgan fingerprint density at radius 3 is 2.28 bits per heavy atom. The number of amides is 2. The lowest BCUT2D eigenvalue weighted by molar-refractivity contribution is -0.137. The van der Waals surface area contributed by atoms with E-state index in [-0.39, 0.29) is 24.6 Å². The number of piperidine rings is 1. The minimum absolute atomic E-state index is 0.0105. The van der Waals surface area contributed by atoms with E-state index in [1.54, 1.807) is 52.6 Å². The van der Waals surface area contributed by atoms with Crippen LogP contribution in [0.2, 0.25) is 0 Å². The van der Waals surface area contributed by atoms with Crippen molar-refractivity contribution in [1.82, 2.24) is 19.8 Å². The van der Waals surface area contributed by atoms with Gasteiger partial charge in [0.05, 0.1) is 22.6 Å². The molecule has 2 heterocycles. The first-order valence-corrected chi connectivity index (χ1v) is 12.7. The minimum atomic E-state index is -4.37. The summed E-state index contributed by atoms with van der Waals surface area (Å²) >= 11 is 0. The number of nitrogens with one attached hydrogen (secondary N) is 1. The Hall–Kier alpha value is -3.41. The number of hydrogen-bond donors (Lipinski definition) is 1. The number of likely N-dealkylation sites (N-methyl/N-ethyl adjacent to an activating group) is 1. The van der Waals surface area contributed by atoms with Crippen LogP contribution in [0.5, 0.6) is 6.01 Å². The maximum atomic E-state index is 13.0. The van der Waals surface area contributed by atoms with Gasteiger partial charge in [-0.05, 0) is 59.1 Å². The summed E-state index contributed by atoms with van der Waals surface area (Å²) in [6, 6.07) is 5.39. The molecule has 1 aliphatic rings. The van der Waals surface area contributed by atoms with E-state index in [1.807, 2.05) is 0 Å². The highest BCUT2D eigenvalue weighted by molar-refractivity contribution is 5.86. The third kappa shape index (κ3) is 8.81. The second-order valence-corrected chi connectivity index (χ2v) is 10.7. The Labute approximate surface area is 226 Å². The number of carbonyl (C=O) groups excluding carboxylic acids is 2. The van der Waals surface area contributed by atoms with Gasteiger partial charge in [-0.25, -0.2) is 4.79 Å². The van der Waals surface area contributed by atoms with Crippen molar-refractivity contribution in [2.75, 3.05) is 32.1 Å². The fourth-order valence-corrected chi connectivity index (χ4v) is 4.34. The molecule has 1 aromatic carbocycles. The number of rotatable bonds is 7. The Morgan fingerprint density at radius 2 is 1.72 bits per heavy atom. The monoisotopic (exact) mass is 551 g/mol. The molecule has 2 aromatic rings. The molecule has 1 N–H and O–H groups in total. The number of aryl methyl sites for hydroxylation is 2. The number of hydrogen-bond acceptors (Lipinski definition) is 7. The average Bonchev–Trinajstić information content (AvgIpc) is 2.83. The molecular weight excluding hydrogens is 515 g/mol. The van der Waals surface area contributed by atoms with Crippen LogP contribution < -0.4 is 10.1 Å². The van der Waals surface area contributed by atoms with Crippen LogP contribution in [-0.4, -0.2) is 70.2 Å². The first-order chi connectivity index (χ1) is 18.1. The van der Waals surface area contributed by atoms with Crippen LogP contribution in [0.4, 0.5) is 23.7 Å². The quantitative estimate of drug-likeness (QED) is 0.520. The van der Waals surface area contributed by atoms with Gasteiger partial charge in [0.2, 0.25) is 0 Å². The number of alkyl halides is 3. The van der Waals surface area contributed by atoms with E-state index >= 15 is 0 Å². The predicted molar refractivity (Wildman–Crippen MR) is 139 cm³/mol. The molecule has 0 bridgehead atoms. The Kier molecular flexibility index (Phi) is 9.42. The molecule has 0 radical (unpaired) electrons. The van der Waals surface area contributed by atoms with Crippen molar-refractivity contribution in [3.05, 3.63) is 46.8 Å². The summed E-state index contributed by atoms with van der Waals surface area (Å²) in [6.45, 7) is 10.2. The Balaban J connectivity index is 1.49. The number of halogens is 3. The summed E-state index contributed by atoms with van der Waals surface area (Å²) in [5.74, 6) is -0.235. The number of likely N-dealkylation sites (tertiary alicyclic amines) is 1. The second kappa shape index (κ2) is 12.2. The molecule has 0 spiro atoms. The van der Waals surface area contributed by atoms with Crippen molar-refractivity contribution < 1.29 is 32.2 Å².